The Hall–Kier alpha value is -3.18. The largest absolute Gasteiger partial charge is 0.481 e. The highest BCUT2D eigenvalue weighted by Gasteiger charge is 2.51. The van der Waals surface area contributed by atoms with Crippen molar-refractivity contribution >= 4 is 11.9 Å². The van der Waals surface area contributed by atoms with Gasteiger partial charge in [-0.1, -0.05) is 86.8 Å². The van der Waals surface area contributed by atoms with Gasteiger partial charge in [0, 0.05) is 31.1 Å². The lowest BCUT2D eigenvalue weighted by atomic mass is 9.82. The molecule has 0 aromatic rings. The van der Waals surface area contributed by atoms with Crippen molar-refractivity contribution in [1.29, 1.82) is 0 Å². The SMILES string of the molecule is C[C@@H]1[C@H](O)[C@@H](C)/C=C\C=C\CC/C=C/C=C/C=C/C=C/C(O[C@H]2O[C@H](C)[C@@H](O)[C@H](N)[C@@H]2O)CC2O[C@](O)(CC(O)C(O)CCC(O)CC(O)CC(O)CC(=O)O[C@H]1C)CC(O)C2C(=O)O. The fourth-order valence-corrected chi connectivity index (χ4v) is 8.11. The van der Waals surface area contributed by atoms with Crippen molar-refractivity contribution in [1.82, 2.24) is 0 Å². The van der Waals surface area contributed by atoms with Crippen LogP contribution in [-0.2, 0) is 28.5 Å². The molecule has 0 spiro atoms. The summed E-state index contributed by atoms with van der Waals surface area (Å²) in [6.07, 6.45) is 2.28. The molecule has 3 aliphatic heterocycles. The number of cyclic esters (lactones) is 1. The molecule has 2 bridgehead atoms. The molecule has 0 aromatic carbocycles. The lowest BCUT2D eigenvalue weighted by Crippen LogP contribution is -2.61. The van der Waals surface area contributed by atoms with Crippen LogP contribution in [-0.4, -0.2) is 166 Å². The zero-order chi connectivity index (χ0) is 48.4. The first-order chi connectivity index (χ1) is 30.6. The summed E-state index contributed by atoms with van der Waals surface area (Å²) < 4.78 is 23.2. The van der Waals surface area contributed by atoms with E-state index < -0.39 is 141 Å². The summed E-state index contributed by atoms with van der Waals surface area (Å²) in [4.78, 5) is 25.1. The van der Waals surface area contributed by atoms with E-state index in [-0.39, 0.29) is 38.0 Å². The second-order valence-corrected chi connectivity index (χ2v) is 17.8. The number of aliphatic hydroxyl groups is 10. The summed E-state index contributed by atoms with van der Waals surface area (Å²) in [7, 11) is 0. The predicted octanol–water partition coefficient (Wildman–Crippen LogP) is 0.936. The van der Waals surface area contributed by atoms with Crippen molar-refractivity contribution in [3.05, 3.63) is 72.9 Å². The molecule has 18 nitrogen and oxygen atoms in total. The summed E-state index contributed by atoms with van der Waals surface area (Å²) in [6.45, 7) is 6.78. The minimum Gasteiger partial charge on any atom is -0.481 e. The van der Waals surface area contributed by atoms with Gasteiger partial charge in [0.2, 0.25) is 0 Å². The number of ether oxygens (including phenoxy) is 4. The number of carboxylic acid groups (broad SMARTS) is 1. The molecule has 18 heteroatoms. The standard InChI is InChI=1S/C47H75NO17/c1-27-17-15-13-11-9-7-5-6-8-10-12-14-16-18-34(64-46-44(58)41(48)43(57)30(4)63-46)24-38-40(45(59)60)37(54)26-47(61,65-38)25-36(53)35(52)20-19-31(49)21-32(50)22-33(51)23-39(55)62-29(3)28(2)42(27)56/h5-6,8,10-18,27-38,40-44,46,49-54,56-58,61H,7,9,19-26,48H2,1-4H3,(H,59,60)/b6-5+,10-8+,13-11+,14-12+,17-15-,18-16+/t27-,28-,29-,30+,31?,32?,33?,34?,35?,36?,37?,38?,40?,41-,42+,43+,44-,46+,47+/m0/s1. The van der Waals surface area contributed by atoms with E-state index >= 15 is 0 Å². The average molecular weight is 926 g/mol. The van der Waals surface area contributed by atoms with E-state index in [4.69, 9.17) is 24.7 Å². The van der Waals surface area contributed by atoms with Crippen molar-refractivity contribution in [3.8, 4) is 0 Å². The van der Waals surface area contributed by atoms with Crippen LogP contribution in [0.15, 0.2) is 72.9 Å². The minimum absolute atomic E-state index is 0.138. The van der Waals surface area contributed by atoms with Gasteiger partial charge in [-0.05, 0) is 52.4 Å². The Kier molecular flexibility index (Phi) is 23.8. The molecule has 19 atom stereocenters. The number of carbonyl (C=O) groups excluding carboxylic acids is 1. The van der Waals surface area contributed by atoms with Crippen LogP contribution in [0.2, 0.25) is 0 Å². The van der Waals surface area contributed by atoms with E-state index in [0.717, 1.165) is 12.8 Å². The van der Waals surface area contributed by atoms with Gasteiger partial charge in [0.15, 0.2) is 12.1 Å². The maximum atomic E-state index is 12.6. The molecule has 3 rings (SSSR count). The highest BCUT2D eigenvalue weighted by molar-refractivity contribution is 5.71. The molecule has 13 N–H and O–H groups in total. The highest BCUT2D eigenvalue weighted by Crippen LogP contribution is 2.38. The summed E-state index contributed by atoms with van der Waals surface area (Å²) in [5, 5.41) is 118. The van der Waals surface area contributed by atoms with Crippen molar-refractivity contribution in [2.45, 2.75) is 189 Å². The second-order valence-electron chi connectivity index (χ2n) is 17.8. The summed E-state index contributed by atoms with van der Waals surface area (Å²) >= 11 is 0. The van der Waals surface area contributed by atoms with Crippen molar-refractivity contribution in [2.75, 3.05) is 0 Å². The maximum Gasteiger partial charge on any atom is 0.311 e. The van der Waals surface area contributed by atoms with Gasteiger partial charge >= 0.3 is 11.9 Å². The number of hydrogen-bond donors (Lipinski definition) is 12. The van der Waals surface area contributed by atoms with Crippen LogP contribution in [0.3, 0.4) is 0 Å². The molecular weight excluding hydrogens is 851 g/mol. The zero-order valence-corrected chi connectivity index (χ0v) is 37.8. The first kappa shape index (κ1) is 56.1. The number of aliphatic hydroxyl groups excluding tert-OH is 9. The quantitative estimate of drug-likeness (QED) is 0.175. The number of rotatable bonds is 3. The normalized spacial score (nSPS) is 45.2. The van der Waals surface area contributed by atoms with Gasteiger partial charge < -0.3 is 80.9 Å². The third kappa shape index (κ3) is 18.8. The molecule has 3 aliphatic rings. The Morgan fingerprint density at radius 2 is 1.28 bits per heavy atom. The van der Waals surface area contributed by atoms with Gasteiger partial charge in [-0.25, -0.2) is 0 Å². The third-order valence-electron chi connectivity index (χ3n) is 12.2. The number of esters is 1. The van der Waals surface area contributed by atoms with Crippen molar-refractivity contribution in [3.63, 3.8) is 0 Å². The third-order valence-corrected chi connectivity index (χ3v) is 12.2. The molecular formula is C47H75NO17. The summed E-state index contributed by atoms with van der Waals surface area (Å²) in [5.41, 5.74) is 6.02. The molecule has 370 valence electrons. The van der Waals surface area contributed by atoms with E-state index in [1.165, 1.54) is 13.0 Å². The van der Waals surface area contributed by atoms with Crippen LogP contribution in [0.4, 0.5) is 0 Å². The average Bonchev–Trinajstić information content (AvgIpc) is 3.21. The molecule has 65 heavy (non-hydrogen) atoms. The number of aliphatic carboxylic acids is 1. The second kappa shape index (κ2) is 27.6. The number of hydrogen-bond acceptors (Lipinski definition) is 17. The molecule has 0 radical (unpaired) electrons. The van der Waals surface area contributed by atoms with Crippen molar-refractivity contribution < 1.29 is 84.7 Å². The number of allylic oxidation sites excluding steroid dienone is 10. The maximum absolute atomic E-state index is 12.6. The number of carboxylic acids is 1. The van der Waals surface area contributed by atoms with Crippen molar-refractivity contribution in [2.24, 2.45) is 23.5 Å². The van der Waals surface area contributed by atoms with E-state index in [2.05, 4.69) is 0 Å². The Morgan fingerprint density at radius 3 is 1.94 bits per heavy atom. The van der Waals surface area contributed by atoms with Gasteiger partial charge in [-0.2, -0.15) is 0 Å². The van der Waals surface area contributed by atoms with Gasteiger partial charge in [-0.3, -0.25) is 9.59 Å². The Labute approximate surface area is 381 Å². The smallest absolute Gasteiger partial charge is 0.311 e. The Balaban J connectivity index is 1.84. The van der Waals surface area contributed by atoms with Gasteiger partial charge in [0.25, 0.3) is 0 Å². The summed E-state index contributed by atoms with van der Waals surface area (Å²) in [5.74, 6) is -6.82. The Bertz CT molecular complexity index is 1620. The summed E-state index contributed by atoms with van der Waals surface area (Å²) in [6, 6.07) is -1.14. The number of carbonyl (C=O) groups is 2. The van der Waals surface area contributed by atoms with Crippen LogP contribution in [0.1, 0.15) is 91.9 Å². The number of nitrogens with two attached hydrogens (primary N) is 1. The van der Waals surface area contributed by atoms with E-state index in [9.17, 15) is 65.8 Å². The van der Waals surface area contributed by atoms with Crippen LogP contribution < -0.4 is 5.73 Å². The molecule has 0 aliphatic carbocycles. The van der Waals surface area contributed by atoms with E-state index in [0.29, 0.717) is 0 Å². The first-order valence-electron chi connectivity index (χ1n) is 22.6. The molecule has 0 amide bonds. The topological polar surface area (TPSA) is 320 Å². The fraction of sp³-hybridized carbons (Fsp3) is 0.702. The molecule has 2 fully saturated rings. The fourth-order valence-electron chi connectivity index (χ4n) is 8.11. The Morgan fingerprint density at radius 1 is 0.692 bits per heavy atom. The molecule has 0 saturated carbocycles. The van der Waals surface area contributed by atoms with Crippen LogP contribution >= 0.6 is 0 Å². The lowest BCUT2D eigenvalue weighted by Gasteiger charge is -2.45. The van der Waals surface area contributed by atoms with Crippen LogP contribution in [0, 0.1) is 17.8 Å². The van der Waals surface area contributed by atoms with E-state index in [1.54, 1.807) is 38.2 Å². The van der Waals surface area contributed by atoms with Crippen LogP contribution in [0.25, 0.3) is 0 Å². The highest BCUT2D eigenvalue weighted by atomic mass is 16.7. The van der Waals surface area contributed by atoms with Gasteiger partial charge in [0.05, 0.1) is 79.6 Å². The van der Waals surface area contributed by atoms with Gasteiger partial charge in [-0.15, -0.1) is 0 Å². The predicted molar refractivity (Wildman–Crippen MR) is 237 cm³/mol. The molecule has 0 aromatic heterocycles. The lowest BCUT2D eigenvalue weighted by molar-refractivity contribution is -0.310. The molecule has 2 saturated heterocycles. The number of fused-ring (bicyclic) bond motifs is 2. The van der Waals surface area contributed by atoms with Gasteiger partial charge in [0.1, 0.15) is 18.1 Å². The zero-order valence-electron chi connectivity index (χ0n) is 37.8. The van der Waals surface area contributed by atoms with Crippen LogP contribution in [0.5, 0.6) is 0 Å². The monoisotopic (exact) mass is 926 g/mol. The minimum atomic E-state index is -2.35. The first-order valence-corrected chi connectivity index (χ1v) is 22.6. The molecule has 3 heterocycles. The molecule has 9 unspecified atom stereocenters. The van der Waals surface area contributed by atoms with E-state index in [1.807, 2.05) is 49.5 Å².